The van der Waals surface area contributed by atoms with Gasteiger partial charge in [0.2, 0.25) is 0 Å². The molecule has 0 aliphatic carbocycles. The number of benzene rings is 2. The van der Waals surface area contributed by atoms with E-state index in [2.05, 4.69) is 30.1 Å². The Morgan fingerprint density at radius 2 is 1.55 bits per heavy atom. The van der Waals surface area contributed by atoms with E-state index in [1.807, 2.05) is 24.3 Å². The van der Waals surface area contributed by atoms with Crippen LogP contribution in [0.4, 0.5) is 0 Å². The summed E-state index contributed by atoms with van der Waals surface area (Å²) in [6.07, 6.45) is 1.88. The molecule has 0 amide bonds. The molecule has 0 aliphatic heterocycles. The van der Waals surface area contributed by atoms with E-state index in [1.165, 1.54) is 10.4 Å². The fourth-order valence-corrected chi connectivity index (χ4v) is 2.24. The van der Waals surface area contributed by atoms with Crippen LogP contribution in [0.15, 0.2) is 36.4 Å². The molecule has 0 radical (unpaired) electrons. The zero-order valence-corrected chi connectivity index (χ0v) is 11.7. The Morgan fingerprint density at radius 3 is 2.30 bits per heavy atom. The number of hydrogen-bond donors (Lipinski definition) is 1. The Labute approximate surface area is 117 Å². The molecule has 4 heteroatoms. The molecule has 0 saturated carbocycles. The van der Waals surface area contributed by atoms with Gasteiger partial charge in [0, 0.05) is 0 Å². The summed E-state index contributed by atoms with van der Waals surface area (Å²) in [6.45, 7) is 4.19. The van der Waals surface area contributed by atoms with E-state index in [4.69, 9.17) is 0 Å². The molecule has 0 unspecified atom stereocenters. The first-order valence-electron chi connectivity index (χ1n) is 6.89. The van der Waals surface area contributed by atoms with Crippen LogP contribution in [0, 0.1) is 0 Å². The summed E-state index contributed by atoms with van der Waals surface area (Å²) in [5, 5.41) is 18.9. The Morgan fingerprint density at radius 1 is 0.900 bits per heavy atom. The first kappa shape index (κ1) is 12.7. The van der Waals surface area contributed by atoms with Gasteiger partial charge in [-0.2, -0.15) is 0 Å². The standard InChI is InChI=1S/C16H17N3O/c1-3-11-5-7-13-14(9-11)18-19(17-13)15-10-12(4-2)6-8-16(15)20/h5-10,20H,3-4H2,1-2H3. The molecule has 20 heavy (non-hydrogen) atoms. The minimum atomic E-state index is 0.193. The van der Waals surface area contributed by atoms with E-state index in [0.717, 1.165) is 29.4 Å². The van der Waals surface area contributed by atoms with Crippen LogP contribution in [0.5, 0.6) is 5.75 Å². The zero-order chi connectivity index (χ0) is 14.1. The number of phenolic OH excluding ortho intramolecular Hbond substituents is 1. The minimum Gasteiger partial charge on any atom is -0.506 e. The van der Waals surface area contributed by atoms with Gasteiger partial charge >= 0.3 is 0 Å². The first-order valence-corrected chi connectivity index (χ1v) is 6.89. The predicted octanol–water partition coefficient (Wildman–Crippen LogP) is 3.25. The highest BCUT2D eigenvalue weighted by molar-refractivity contribution is 5.74. The summed E-state index contributed by atoms with van der Waals surface area (Å²) < 4.78 is 0. The van der Waals surface area contributed by atoms with Crippen LogP contribution >= 0.6 is 0 Å². The second kappa shape index (κ2) is 4.96. The van der Waals surface area contributed by atoms with Gasteiger partial charge in [0.15, 0.2) is 0 Å². The van der Waals surface area contributed by atoms with Crippen LogP contribution in [0.3, 0.4) is 0 Å². The third-order valence-corrected chi connectivity index (χ3v) is 3.52. The van der Waals surface area contributed by atoms with Crippen molar-refractivity contribution in [2.45, 2.75) is 26.7 Å². The maximum Gasteiger partial charge on any atom is 0.143 e. The summed E-state index contributed by atoms with van der Waals surface area (Å²) in [6, 6.07) is 11.6. The van der Waals surface area contributed by atoms with Gasteiger partial charge in [0.1, 0.15) is 22.5 Å². The molecule has 0 atom stereocenters. The molecular formula is C16H17N3O. The first-order chi connectivity index (χ1) is 9.71. The van der Waals surface area contributed by atoms with Crippen molar-refractivity contribution >= 4 is 11.0 Å². The minimum absolute atomic E-state index is 0.193. The highest BCUT2D eigenvalue weighted by Gasteiger charge is 2.09. The Hall–Kier alpha value is -2.36. The van der Waals surface area contributed by atoms with E-state index in [9.17, 15) is 5.11 Å². The highest BCUT2D eigenvalue weighted by Crippen LogP contribution is 2.23. The largest absolute Gasteiger partial charge is 0.506 e. The topological polar surface area (TPSA) is 50.9 Å². The normalized spacial score (nSPS) is 11.1. The lowest BCUT2D eigenvalue weighted by atomic mass is 10.1. The van der Waals surface area contributed by atoms with Crippen molar-refractivity contribution in [3.05, 3.63) is 47.5 Å². The molecule has 0 bridgehead atoms. The number of fused-ring (bicyclic) bond motifs is 1. The SMILES string of the molecule is CCc1ccc(O)c(-n2nc3ccc(CC)cc3n2)c1. The molecule has 1 N–H and O–H groups in total. The molecule has 3 rings (SSSR count). The van der Waals surface area contributed by atoms with Crippen LogP contribution in [0.1, 0.15) is 25.0 Å². The molecule has 3 aromatic rings. The number of phenols is 1. The van der Waals surface area contributed by atoms with Crippen molar-refractivity contribution in [3.8, 4) is 11.4 Å². The quantitative estimate of drug-likeness (QED) is 0.792. The number of rotatable bonds is 3. The smallest absolute Gasteiger partial charge is 0.143 e. The highest BCUT2D eigenvalue weighted by atomic mass is 16.3. The van der Waals surface area contributed by atoms with E-state index >= 15 is 0 Å². The molecule has 0 aliphatic rings. The number of hydrogen-bond acceptors (Lipinski definition) is 3. The fraction of sp³-hybridized carbons (Fsp3) is 0.250. The molecule has 4 nitrogen and oxygen atoms in total. The summed E-state index contributed by atoms with van der Waals surface area (Å²) in [7, 11) is 0. The molecular weight excluding hydrogens is 250 g/mol. The van der Waals surface area contributed by atoms with Gasteiger partial charge in [-0.15, -0.1) is 15.0 Å². The van der Waals surface area contributed by atoms with Gasteiger partial charge < -0.3 is 5.11 Å². The monoisotopic (exact) mass is 267 g/mol. The summed E-state index contributed by atoms with van der Waals surface area (Å²) in [5.41, 5.74) is 4.69. The van der Waals surface area contributed by atoms with Gasteiger partial charge in [-0.1, -0.05) is 26.0 Å². The molecule has 2 aromatic carbocycles. The predicted molar refractivity (Wildman–Crippen MR) is 79.3 cm³/mol. The Balaban J connectivity index is 2.14. The molecule has 0 fully saturated rings. The van der Waals surface area contributed by atoms with Crippen molar-refractivity contribution in [1.29, 1.82) is 0 Å². The average molecular weight is 267 g/mol. The van der Waals surface area contributed by atoms with Crippen LogP contribution in [0.25, 0.3) is 16.7 Å². The van der Waals surface area contributed by atoms with E-state index in [1.54, 1.807) is 6.07 Å². The fourth-order valence-electron chi connectivity index (χ4n) is 2.24. The van der Waals surface area contributed by atoms with Crippen molar-refractivity contribution in [3.63, 3.8) is 0 Å². The molecule has 1 aromatic heterocycles. The van der Waals surface area contributed by atoms with E-state index in [0.29, 0.717) is 5.69 Å². The lowest BCUT2D eigenvalue weighted by Crippen LogP contribution is -1.99. The average Bonchev–Trinajstić information content (AvgIpc) is 2.90. The van der Waals surface area contributed by atoms with Crippen LogP contribution in [0.2, 0.25) is 0 Å². The lowest BCUT2D eigenvalue weighted by Gasteiger charge is -2.04. The van der Waals surface area contributed by atoms with Gasteiger partial charge in [0.05, 0.1) is 0 Å². The van der Waals surface area contributed by atoms with Crippen molar-refractivity contribution in [1.82, 2.24) is 15.0 Å². The summed E-state index contributed by atoms with van der Waals surface area (Å²) >= 11 is 0. The Kier molecular flexibility index (Phi) is 3.14. The van der Waals surface area contributed by atoms with Gasteiger partial charge in [0.25, 0.3) is 0 Å². The number of aromatic hydroxyl groups is 1. The van der Waals surface area contributed by atoms with Crippen LogP contribution in [-0.2, 0) is 12.8 Å². The molecule has 102 valence electrons. The lowest BCUT2D eigenvalue weighted by molar-refractivity contribution is 0.467. The van der Waals surface area contributed by atoms with Crippen LogP contribution in [-0.4, -0.2) is 20.1 Å². The second-order valence-electron chi connectivity index (χ2n) is 4.84. The zero-order valence-electron chi connectivity index (χ0n) is 11.7. The number of aromatic nitrogens is 3. The summed E-state index contributed by atoms with van der Waals surface area (Å²) in [4.78, 5) is 1.51. The third-order valence-electron chi connectivity index (χ3n) is 3.52. The second-order valence-corrected chi connectivity index (χ2v) is 4.84. The third kappa shape index (κ3) is 2.13. The molecule has 0 saturated heterocycles. The summed E-state index contributed by atoms with van der Waals surface area (Å²) in [5.74, 6) is 0.193. The van der Waals surface area contributed by atoms with Gasteiger partial charge in [-0.05, 0) is 48.2 Å². The maximum absolute atomic E-state index is 10.0. The Bertz CT molecular complexity index is 762. The molecule has 0 spiro atoms. The maximum atomic E-state index is 10.0. The van der Waals surface area contributed by atoms with Gasteiger partial charge in [-0.3, -0.25) is 0 Å². The number of nitrogens with zero attached hydrogens (tertiary/aromatic N) is 3. The van der Waals surface area contributed by atoms with E-state index in [-0.39, 0.29) is 5.75 Å². The van der Waals surface area contributed by atoms with Crippen molar-refractivity contribution < 1.29 is 5.11 Å². The number of aryl methyl sites for hydroxylation is 2. The van der Waals surface area contributed by atoms with E-state index < -0.39 is 0 Å². The van der Waals surface area contributed by atoms with Crippen LogP contribution < -0.4 is 0 Å². The molecule has 1 heterocycles. The van der Waals surface area contributed by atoms with Crippen molar-refractivity contribution in [2.75, 3.05) is 0 Å². The van der Waals surface area contributed by atoms with Crippen molar-refractivity contribution in [2.24, 2.45) is 0 Å². The van der Waals surface area contributed by atoms with Gasteiger partial charge in [-0.25, -0.2) is 0 Å².